The maximum atomic E-state index is 11.8. The predicted molar refractivity (Wildman–Crippen MR) is 40.7 cm³/mol. The minimum absolute atomic E-state index is 0.174. The maximum Gasteiger partial charge on any atom is 0.396 e. The van der Waals surface area contributed by atoms with E-state index in [9.17, 15) is 13.2 Å². The van der Waals surface area contributed by atoms with Gasteiger partial charge in [0, 0.05) is 12.3 Å². The quantitative estimate of drug-likeness (QED) is 0.722. The van der Waals surface area contributed by atoms with Crippen molar-refractivity contribution in [2.24, 2.45) is 0 Å². The van der Waals surface area contributed by atoms with Crippen molar-refractivity contribution < 1.29 is 17.6 Å². The molecule has 1 aromatic rings. The van der Waals surface area contributed by atoms with Gasteiger partial charge in [0.1, 0.15) is 12.2 Å². The van der Waals surface area contributed by atoms with Crippen molar-refractivity contribution in [1.29, 1.82) is 0 Å². The van der Waals surface area contributed by atoms with Crippen LogP contribution in [0.4, 0.5) is 13.2 Å². The average Bonchev–Trinajstić information content (AvgIpc) is 2.33. The van der Waals surface area contributed by atoms with E-state index in [1.807, 2.05) is 0 Å². The SMILES string of the molecule is FC(F)(F)Cc1cnc(CCCl)o1. The number of hydrogen-bond donors (Lipinski definition) is 0. The standard InChI is InChI=1S/C7H7ClF3NO/c8-2-1-6-12-4-5(13-6)3-7(9,10)11/h4H,1-3H2. The third kappa shape index (κ3) is 3.67. The number of oxazole rings is 1. The number of alkyl halides is 4. The molecule has 0 N–H and O–H groups in total. The van der Waals surface area contributed by atoms with E-state index in [2.05, 4.69) is 4.98 Å². The summed E-state index contributed by atoms with van der Waals surface area (Å²) in [5, 5.41) is 0. The van der Waals surface area contributed by atoms with Gasteiger partial charge >= 0.3 is 6.18 Å². The number of halogens is 4. The van der Waals surface area contributed by atoms with Crippen molar-refractivity contribution >= 4 is 11.6 Å². The first-order valence-corrected chi connectivity index (χ1v) is 4.11. The van der Waals surface area contributed by atoms with E-state index >= 15 is 0 Å². The Morgan fingerprint density at radius 2 is 2.15 bits per heavy atom. The van der Waals surface area contributed by atoms with Crippen LogP contribution in [0.1, 0.15) is 11.7 Å². The van der Waals surface area contributed by atoms with Crippen molar-refractivity contribution in [1.82, 2.24) is 4.98 Å². The Bertz CT molecular complexity index is 271. The van der Waals surface area contributed by atoms with Crippen molar-refractivity contribution in [2.45, 2.75) is 19.0 Å². The van der Waals surface area contributed by atoms with Gasteiger partial charge in [-0.25, -0.2) is 4.98 Å². The molecule has 74 valence electrons. The molecule has 1 heterocycles. The fourth-order valence-corrected chi connectivity index (χ4v) is 0.985. The van der Waals surface area contributed by atoms with E-state index in [-0.39, 0.29) is 17.5 Å². The minimum Gasteiger partial charge on any atom is -0.445 e. The van der Waals surface area contributed by atoms with Gasteiger partial charge in [0.25, 0.3) is 0 Å². The van der Waals surface area contributed by atoms with Crippen molar-refractivity contribution in [3.05, 3.63) is 17.8 Å². The Balaban J connectivity index is 2.59. The summed E-state index contributed by atoms with van der Waals surface area (Å²) in [5.74, 6) is 0.355. The average molecular weight is 214 g/mol. The molecule has 2 nitrogen and oxygen atoms in total. The number of hydrogen-bond acceptors (Lipinski definition) is 2. The first kappa shape index (κ1) is 10.4. The molecule has 0 fully saturated rings. The van der Waals surface area contributed by atoms with Gasteiger partial charge in [-0.05, 0) is 0 Å². The fourth-order valence-electron chi connectivity index (χ4n) is 0.824. The van der Waals surface area contributed by atoms with Gasteiger partial charge in [0.15, 0.2) is 5.89 Å². The molecule has 1 rings (SSSR count). The lowest BCUT2D eigenvalue weighted by Crippen LogP contribution is -2.10. The summed E-state index contributed by atoms with van der Waals surface area (Å²) in [6.07, 6.45) is -3.91. The normalized spacial score (nSPS) is 12.0. The van der Waals surface area contributed by atoms with E-state index in [1.165, 1.54) is 0 Å². The molecule has 0 aliphatic carbocycles. The molecular weight excluding hydrogens is 207 g/mol. The highest BCUT2D eigenvalue weighted by Gasteiger charge is 2.29. The van der Waals surface area contributed by atoms with Crippen LogP contribution in [0.25, 0.3) is 0 Å². The van der Waals surface area contributed by atoms with Crippen LogP contribution in [-0.4, -0.2) is 17.0 Å². The van der Waals surface area contributed by atoms with Crippen LogP contribution in [0.5, 0.6) is 0 Å². The summed E-state index contributed by atoms with van der Waals surface area (Å²) >= 11 is 5.36. The van der Waals surface area contributed by atoms with Crippen molar-refractivity contribution in [3.8, 4) is 0 Å². The molecule has 0 saturated carbocycles. The van der Waals surface area contributed by atoms with Crippen LogP contribution in [0.3, 0.4) is 0 Å². The molecule has 13 heavy (non-hydrogen) atoms. The van der Waals surface area contributed by atoms with Crippen LogP contribution in [0.15, 0.2) is 10.6 Å². The highest BCUT2D eigenvalue weighted by Crippen LogP contribution is 2.21. The van der Waals surface area contributed by atoms with Gasteiger partial charge in [-0.2, -0.15) is 13.2 Å². The molecule has 0 aliphatic heterocycles. The van der Waals surface area contributed by atoms with Gasteiger partial charge in [-0.15, -0.1) is 11.6 Å². The molecule has 0 aromatic carbocycles. The van der Waals surface area contributed by atoms with Crippen molar-refractivity contribution in [3.63, 3.8) is 0 Å². The Morgan fingerprint density at radius 3 is 2.69 bits per heavy atom. The summed E-state index contributed by atoms with van der Waals surface area (Å²) in [6.45, 7) is 0. The van der Waals surface area contributed by atoms with E-state index in [0.29, 0.717) is 6.42 Å². The van der Waals surface area contributed by atoms with Gasteiger partial charge in [0.2, 0.25) is 0 Å². The topological polar surface area (TPSA) is 26.0 Å². The Kier molecular flexibility index (Phi) is 3.19. The molecule has 6 heteroatoms. The summed E-state index contributed by atoms with van der Waals surface area (Å²) in [6, 6.07) is 0. The van der Waals surface area contributed by atoms with E-state index in [1.54, 1.807) is 0 Å². The Hall–Kier alpha value is -0.710. The summed E-state index contributed by atoms with van der Waals surface area (Å²) in [4.78, 5) is 3.64. The highest BCUT2D eigenvalue weighted by molar-refractivity contribution is 6.17. The van der Waals surface area contributed by atoms with E-state index in [4.69, 9.17) is 16.0 Å². The lowest BCUT2D eigenvalue weighted by atomic mass is 10.3. The van der Waals surface area contributed by atoms with Crippen LogP contribution >= 0.6 is 11.6 Å². The molecule has 0 spiro atoms. The van der Waals surface area contributed by atoms with Crippen molar-refractivity contribution in [2.75, 3.05) is 5.88 Å². The Morgan fingerprint density at radius 1 is 1.46 bits per heavy atom. The molecule has 0 amide bonds. The summed E-state index contributed by atoms with van der Waals surface area (Å²) in [5.41, 5.74) is 0. The van der Waals surface area contributed by atoms with Crippen LogP contribution in [0, 0.1) is 0 Å². The largest absolute Gasteiger partial charge is 0.445 e. The monoisotopic (exact) mass is 213 g/mol. The first-order valence-electron chi connectivity index (χ1n) is 3.57. The molecule has 0 unspecified atom stereocenters. The summed E-state index contributed by atoms with van der Waals surface area (Å²) in [7, 11) is 0. The third-order valence-electron chi connectivity index (χ3n) is 1.28. The summed E-state index contributed by atoms with van der Waals surface area (Å²) < 4.78 is 40.3. The Labute approximate surface area is 77.7 Å². The lowest BCUT2D eigenvalue weighted by Gasteiger charge is -2.01. The zero-order valence-corrected chi connectivity index (χ0v) is 7.32. The number of nitrogens with zero attached hydrogens (tertiary/aromatic N) is 1. The number of aromatic nitrogens is 1. The zero-order valence-electron chi connectivity index (χ0n) is 6.57. The second kappa shape index (κ2) is 4.00. The molecular formula is C7H7ClF3NO. The lowest BCUT2D eigenvalue weighted by molar-refractivity contribution is -0.130. The fraction of sp³-hybridized carbons (Fsp3) is 0.571. The minimum atomic E-state index is -4.25. The number of rotatable bonds is 3. The zero-order chi connectivity index (χ0) is 9.90. The molecule has 1 aromatic heterocycles. The second-order valence-electron chi connectivity index (χ2n) is 2.45. The van der Waals surface area contributed by atoms with Crippen LogP contribution in [-0.2, 0) is 12.8 Å². The van der Waals surface area contributed by atoms with E-state index < -0.39 is 12.6 Å². The van der Waals surface area contributed by atoms with Gasteiger partial charge in [-0.1, -0.05) is 0 Å². The highest BCUT2D eigenvalue weighted by atomic mass is 35.5. The molecule has 0 aliphatic rings. The molecule has 0 saturated heterocycles. The second-order valence-corrected chi connectivity index (χ2v) is 2.83. The molecule has 0 atom stereocenters. The molecule has 0 radical (unpaired) electrons. The number of aryl methyl sites for hydroxylation is 1. The van der Waals surface area contributed by atoms with Gasteiger partial charge in [0.05, 0.1) is 6.20 Å². The first-order chi connectivity index (χ1) is 6.01. The van der Waals surface area contributed by atoms with Crippen LogP contribution < -0.4 is 0 Å². The predicted octanol–water partition coefficient (Wildman–Crippen LogP) is 2.56. The third-order valence-corrected chi connectivity index (χ3v) is 1.47. The smallest absolute Gasteiger partial charge is 0.396 e. The van der Waals surface area contributed by atoms with Gasteiger partial charge in [-0.3, -0.25) is 0 Å². The molecule has 0 bridgehead atoms. The maximum absolute atomic E-state index is 11.8. The van der Waals surface area contributed by atoms with Gasteiger partial charge < -0.3 is 4.42 Å². The van der Waals surface area contributed by atoms with E-state index in [0.717, 1.165) is 6.20 Å². The van der Waals surface area contributed by atoms with Crippen LogP contribution in [0.2, 0.25) is 0 Å².